The van der Waals surface area contributed by atoms with Crippen molar-refractivity contribution in [3.8, 4) is 0 Å². The van der Waals surface area contributed by atoms with E-state index in [1.165, 1.54) is 45.1 Å². The molecule has 18 heavy (non-hydrogen) atoms. The summed E-state index contributed by atoms with van der Waals surface area (Å²) in [7, 11) is 2.35. The van der Waals surface area contributed by atoms with E-state index in [-0.39, 0.29) is 0 Å². The molecule has 2 unspecified atom stereocenters. The van der Waals surface area contributed by atoms with Gasteiger partial charge in [0.05, 0.1) is 0 Å². The summed E-state index contributed by atoms with van der Waals surface area (Å²) in [6.07, 6.45) is 8.54. The molecule has 2 saturated carbocycles. The average molecular weight is 252 g/mol. The molecule has 2 nitrogen and oxygen atoms in total. The van der Waals surface area contributed by atoms with E-state index in [0.717, 1.165) is 18.5 Å². The van der Waals surface area contributed by atoms with E-state index in [1.807, 2.05) is 0 Å². The predicted octanol–water partition coefficient (Wildman–Crippen LogP) is 3.28. The highest BCUT2D eigenvalue weighted by molar-refractivity contribution is 4.97. The molecule has 0 aliphatic heterocycles. The smallest absolute Gasteiger partial charge is 0.0159 e. The van der Waals surface area contributed by atoms with Crippen LogP contribution in [0.15, 0.2) is 0 Å². The Morgan fingerprint density at radius 1 is 1.17 bits per heavy atom. The third kappa shape index (κ3) is 3.08. The minimum absolute atomic E-state index is 0.483. The highest BCUT2D eigenvalue weighted by Crippen LogP contribution is 2.42. The van der Waals surface area contributed by atoms with Crippen molar-refractivity contribution in [3.63, 3.8) is 0 Å². The highest BCUT2D eigenvalue weighted by Gasteiger charge is 2.41. The van der Waals surface area contributed by atoms with Gasteiger partial charge in [0.15, 0.2) is 0 Å². The van der Waals surface area contributed by atoms with Gasteiger partial charge in [0.2, 0.25) is 0 Å². The van der Waals surface area contributed by atoms with E-state index in [2.05, 4.69) is 38.0 Å². The summed E-state index contributed by atoms with van der Waals surface area (Å²) in [6, 6.07) is 1.59. The molecule has 0 spiro atoms. The Hall–Kier alpha value is -0.0800. The first-order valence-electron chi connectivity index (χ1n) is 7.98. The minimum atomic E-state index is 0.483. The van der Waals surface area contributed by atoms with E-state index in [4.69, 9.17) is 0 Å². The van der Waals surface area contributed by atoms with Crippen molar-refractivity contribution in [2.45, 2.75) is 71.4 Å². The van der Waals surface area contributed by atoms with Crippen LogP contribution in [0.5, 0.6) is 0 Å². The van der Waals surface area contributed by atoms with Crippen LogP contribution >= 0.6 is 0 Å². The fraction of sp³-hybridized carbons (Fsp3) is 1.00. The second-order valence-electron chi connectivity index (χ2n) is 7.20. The highest BCUT2D eigenvalue weighted by atomic mass is 15.1. The summed E-state index contributed by atoms with van der Waals surface area (Å²) in [5.74, 6) is 0.852. The Morgan fingerprint density at radius 2 is 1.83 bits per heavy atom. The van der Waals surface area contributed by atoms with Gasteiger partial charge in [-0.2, -0.15) is 0 Å². The second-order valence-corrected chi connectivity index (χ2v) is 7.20. The molecular formula is C16H32N2. The van der Waals surface area contributed by atoms with Crippen LogP contribution in [-0.4, -0.2) is 37.1 Å². The van der Waals surface area contributed by atoms with Crippen molar-refractivity contribution >= 4 is 0 Å². The quantitative estimate of drug-likeness (QED) is 0.808. The third-order valence-corrected chi connectivity index (χ3v) is 5.37. The number of nitrogens with zero attached hydrogens (tertiary/aromatic N) is 1. The molecular weight excluding hydrogens is 220 g/mol. The summed E-state index contributed by atoms with van der Waals surface area (Å²) >= 11 is 0. The Kier molecular flexibility index (Phi) is 4.71. The van der Waals surface area contributed by atoms with Crippen LogP contribution in [0.4, 0.5) is 0 Å². The van der Waals surface area contributed by atoms with Gasteiger partial charge in [-0.3, -0.25) is 0 Å². The van der Waals surface area contributed by atoms with E-state index in [0.29, 0.717) is 11.5 Å². The van der Waals surface area contributed by atoms with Gasteiger partial charge in [-0.05, 0) is 50.6 Å². The van der Waals surface area contributed by atoms with Gasteiger partial charge in [-0.15, -0.1) is 0 Å². The van der Waals surface area contributed by atoms with Crippen molar-refractivity contribution in [2.24, 2.45) is 11.3 Å². The van der Waals surface area contributed by atoms with Crippen LogP contribution in [-0.2, 0) is 0 Å². The molecule has 0 aromatic heterocycles. The van der Waals surface area contributed by atoms with Gasteiger partial charge < -0.3 is 10.2 Å². The van der Waals surface area contributed by atoms with Gasteiger partial charge in [0, 0.05) is 18.6 Å². The van der Waals surface area contributed by atoms with E-state index >= 15 is 0 Å². The topological polar surface area (TPSA) is 15.3 Å². The molecule has 1 N–H and O–H groups in total. The van der Waals surface area contributed by atoms with E-state index in [1.54, 1.807) is 0 Å². The lowest BCUT2D eigenvalue weighted by Gasteiger charge is -2.35. The molecule has 2 aliphatic carbocycles. The minimum Gasteiger partial charge on any atom is -0.313 e. The maximum absolute atomic E-state index is 3.75. The van der Waals surface area contributed by atoms with Crippen molar-refractivity contribution in [2.75, 3.05) is 20.1 Å². The number of rotatable bonds is 5. The fourth-order valence-corrected chi connectivity index (χ4v) is 4.24. The van der Waals surface area contributed by atoms with Crippen LogP contribution in [0.3, 0.4) is 0 Å². The fourth-order valence-electron chi connectivity index (χ4n) is 4.24. The Balaban J connectivity index is 1.91. The van der Waals surface area contributed by atoms with Gasteiger partial charge in [-0.1, -0.05) is 33.6 Å². The monoisotopic (exact) mass is 252 g/mol. The zero-order chi connectivity index (χ0) is 13.2. The molecule has 2 fully saturated rings. The van der Waals surface area contributed by atoms with Crippen molar-refractivity contribution < 1.29 is 0 Å². The molecule has 2 rings (SSSR count). The Bertz CT molecular complexity index is 256. The lowest BCUT2D eigenvalue weighted by Crippen LogP contribution is -2.46. The molecule has 2 aliphatic rings. The molecule has 0 saturated heterocycles. The molecule has 0 radical (unpaired) electrons. The lowest BCUT2D eigenvalue weighted by molar-refractivity contribution is 0.172. The molecule has 0 amide bonds. The lowest BCUT2D eigenvalue weighted by atomic mass is 9.84. The first-order valence-corrected chi connectivity index (χ1v) is 7.98. The SMILES string of the molecule is CCNC1C(CN(C)C2CCCC2)CCC1(C)C. The summed E-state index contributed by atoms with van der Waals surface area (Å²) in [4.78, 5) is 2.66. The summed E-state index contributed by atoms with van der Waals surface area (Å²) < 4.78 is 0. The van der Waals surface area contributed by atoms with E-state index < -0.39 is 0 Å². The summed E-state index contributed by atoms with van der Waals surface area (Å²) in [6.45, 7) is 9.53. The van der Waals surface area contributed by atoms with Crippen LogP contribution in [0, 0.1) is 11.3 Å². The molecule has 0 bridgehead atoms. The van der Waals surface area contributed by atoms with Gasteiger partial charge in [0.25, 0.3) is 0 Å². The second kappa shape index (κ2) is 5.92. The van der Waals surface area contributed by atoms with Crippen molar-refractivity contribution in [1.29, 1.82) is 0 Å². The van der Waals surface area contributed by atoms with Crippen molar-refractivity contribution in [3.05, 3.63) is 0 Å². The zero-order valence-electron chi connectivity index (χ0n) is 12.8. The Labute approximate surface area is 114 Å². The molecule has 0 heterocycles. The van der Waals surface area contributed by atoms with Crippen LogP contribution in [0.1, 0.15) is 59.3 Å². The molecule has 0 aromatic rings. The van der Waals surface area contributed by atoms with E-state index in [9.17, 15) is 0 Å². The third-order valence-electron chi connectivity index (χ3n) is 5.37. The maximum atomic E-state index is 3.75. The van der Waals surface area contributed by atoms with Crippen LogP contribution in [0.25, 0.3) is 0 Å². The molecule has 2 heteroatoms. The normalized spacial score (nSPS) is 32.5. The van der Waals surface area contributed by atoms with Gasteiger partial charge >= 0.3 is 0 Å². The predicted molar refractivity (Wildman–Crippen MR) is 78.9 cm³/mol. The molecule has 2 atom stereocenters. The van der Waals surface area contributed by atoms with Gasteiger partial charge in [-0.25, -0.2) is 0 Å². The number of hydrogen-bond donors (Lipinski definition) is 1. The first-order chi connectivity index (χ1) is 8.54. The summed E-state index contributed by atoms with van der Waals surface area (Å²) in [5, 5.41) is 3.75. The number of nitrogens with one attached hydrogen (secondary N) is 1. The van der Waals surface area contributed by atoms with Gasteiger partial charge in [0.1, 0.15) is 0 Å². The standard InChI is InChI=1S/C16H32N2/c1-5-17-15-13(10-11-16(15,2)3)12-18(4)14-8-6-7-9-14/h13-15,17H,5-12H2,1-4H3. The molecule has 0 aromatic carbocycles. The average Bonchev–Trinajstić information content (AvgIpc) is 2.92. The zero-order valence-corrected chi connectivity index (χ0v) is 12.8. The van der Waals surface area contributed by atoms with Crippen molar-refractivity contribution in [1.82, 2.24) is 10.2 Å². The van der Waals surface area contributed by atoms with Crippen LogP contribution in [0.2, 0.25) is 0 Å². The largest absolute Gasteiger partial charge is 0.313 e. The first kappa shape index (κ1) is 14.3. The Morgan fingerprint density at radius 3 is 2.44 bits per heavy atom. The number of hydrogen-bond acceptors (Lipinski definition) is 2. The molecule has 106 valence electrons. The maximum Gasteiger partial charge on any atom is 0.0159 e. The summed E-state index contributed by atoms with van der Waals surface area (Å²) in [5.41, 5.74) is 0.483. The van der Waals surface area contributed by atoms with Crippen LogP contribution < -0.4 is 5.32 Å².